The van der Waals surface area contributed by atoms with E-state index in [1.165, 1.54) is 18.2 Å². The maximum Gasteiger partial charge on any atom is 0.417 e. The Morgan fingerprint density at radius 2 is 1.57 bits per heavy atom. The van der Waals surface area contributed by atoms with Gasteiger partial charge in [0.1, 0.15) is 11.9 Å². The van der Waals surface area contributed by atoms with Crippen molar-refractivity contribution in [2.24, 2.45) is 0 Å². The number of benzene rings is 2. The van der Waals surface area contributed by atoms with Crippen LogP contribution in [-0.4, -0.2) is 35.4 Å². The molecule has 2 fully saturated rings. The number of ether oxygens (including phenoxy) is 2. The van der Waals surface area contributed by atoms with Crippen molar-refractivity contribution in [1.82, 2.24) is 4.98 Å². The summed E-state index contributed by atoms with van der Waals surface area (Å²) in [5.41, 5.74) is 1.25. The molecule has 2 aliphatic heterocycles. The van der Waals surface area contributed by atoms with E-state index in [0.29, 0.717) is 5.82 Å². The summed E-state index contributed by atoms with van der Waals surface area (Å²) in [6.07, 6.45) is 0.246. The third-order valence-corrected chi connectivity index (χ3v) is 6.74. The fourth-order valence-corrected chi connectivity index (χ4v) is 4.98. The van der Waals surface area contributed by atoms with E-state index in [9.17, 15) is 17.6 Å². The van der Waals surface area contributed by atoms with Gasteiger partial charge >= 0.3 is 6.18 Å². The summed E-state index contributed by atoms with van der Waals surface area (Å²) >= 11 is 0. The molecule has 0 aliphatic carbocycles. The number of aromatic hydroxyl groups is 1. The number of hydrogen-bond acceptors (Lipinski definition) is 5. The van der Waals surface area contributed by atoms with Crippen molar-refractivity contribution in [3.05, 3.63) is 77.2 Å². The van der Waals surface area contributed by atoms with Crippen molar-refractivity contribution in [2.75, 3.05) is 12.0 Å². The van der Waals surface area contributed by atoms with Gasteiger partial charge in [0.15, 0.2) is 23.1 Å². The SMILES string of the molecule is COc1cc(C)ccc1OC1C[C@H]2CC[C@@H](C1)N2c1ccc(C(F)(F)F)cn1.Cc1ccc(F)c(O)c1. The number of fused-ring (bicyclic) bond motifs is 2. The summed E-state index contributed by atoms with van der Waals surface area (Å²) in [7, 11) is 1.63. The first-order chi connectivity index (χ1) is 17.5. The number of aromatic nitrogens is 1. The Morgan fingerprint density at radius 1 is 0.919 bits per heavy atom. The molecule has 0 saturated carbocycles. The average Bonchev–Trinajstić information content (AvgIpc) is 3.12. The van der Waals surface area contributed by atoms with E-state index in [4.69, 9.17) is 14.6 Å². The minimum atomic E-state index is -4.36. The summed E-state index contributed by atoms with van der Waals surface area (Å²) in [6, 6.07) is 13.2. The highest BCUT2D eigenvalue weighted by molar-refractivity contribution is 5.46. The van der Waals surface area contributed by atoms with Crippen LogP contribution >= 0.6 is 0 Å². The zero-order valence-electron chi connectivity index (χ0n) is 20.9. The Hall–Kier alpha value is -3.49. The monoisotopic (exact) mass is 518 g/mol. The summed E-state index contributed by atoms with van der Waals surface area (Å²) in [4.78, 5) is 6.27. The van der Waals surface area contributed by atoms with Crippen molar-refractivity contribution in [3.63, 3.8) is 0 Å². The third kappa shape index (κ3) is 6.26. The lowest BCUT2D eigenvalue weighted by molar-refractivity contribution is -0.137. The van der Waals surface area contributed by atoms with Crippen LogP contribution in [0.3, 0.4) is 0 Å². The molecular weight excluding hydrogens is 488 g/mol. The molecule has 1 N–H and O–H groups in total. The first kappa shape index (κ1) is 26.6. The van der Waals surface area contributed by atoms with Gasteiger partial charge in [-0.3, -0.25) is 0 Å². The van der Waals surface area contributed by atoms with Crippen LogP contribution in [-0.2, 0) is 6.18 Å². The standard InChI is InChI=1S/C21H23F3N2O2.C7H7FO/c1-13-3-7-18(19(9-13)27-2)28-17-10-15-5-6-16(11-17)26(15)20-8-4-14(12-25-20)21(22,23)24;1-5-2-3-6(8)7(9)4-5/h3-4,7-9,12,15-17H,5-6,10-11H2,1-2H3;2-4,9H,1H3/t15-,16+,17?;. The summed E-state index contributed by atoms with van der Waals surface area (Å²) in [5.74, 6) is 1.22. The first-order valence-corrected chi connectivity index (χ1v) is 12.1. The molecule has 2 saturated heterocycles. The second kappa shape index (κ2) is 10.9. The van der Waals surface area contributed by atoms with Crippen molar-refractivity contribution >= 4 is 5.82 Å². The molecule has 0 spiro atoms. The Balaban J connectivity index is 0.000000301. The number of piperidine rings is 1. The Bertz CT molecular complexity index is 1200. The minimum Gasteiger partial charge on any atom is -0.505 e. The molecule has 0 amide bonds. The Morgan fingerprint density at radius 3 is 2.11 bits per heavy atom. The molecule has 3 aromatic rings. The van der Waals surface area contributed by atoms with E-state index in [1.807, 2.05) is 25.1 Å². The second-order valence-corrected chi connectivity index (χ2v) is 9.52. The van der Waals surface area contributed by atoms with E-state index < -0.39 is 17.6 Å². The zero-order valence-corrected chi connectivity index (χ0v) is 20.9. The topological polar surface area (TPSA) is 54.8 Å². The van der Waals surface area contributed by atoms with Gasteiger partial charge < -0.3 is 19.5 Å². The van der Waals surface area contributed by atoms with Crippen LogP contribution in [0.15, 0.2) is 54.7 Å². The van der Waals surface area contributed by atoms with Crippen molar-refractivity contribution in [2.45, 2.75) is 63.9 Å². The fourth-order valence-electron chi connectivity index (χ4n) is 4.98. The molecule has 2 aliphatic rings. The maximum atomic E-state index is 12.8. The molecule has 3 atom stereocenters. The minimum absolute atomic E-state index is 0.0554. The van der Waals surface area contributed by atoms with Crippen molar-refractivity contribution < 1.29 is 32.1 Å². The maximum absolute atomic E-state index is 12.8. The molecule has 2 bridgehead atoms. The van der Waals surface area contributed by atoms with Gasteiger partial charge in [0.05, 0.1) is 12.7 Å². The molecule has 37 heavy (non-hydrogen) atoms. The number of methoxy groups -OCH3 is 1. The molecule has 1 aromatic heterocycles. The Kier molecular flexibility index (Phi) is 7.80. The molecule has 3 heterocycles. The molecule has 0 radical (unpaired) electrons. The molecule has 198 valence electrons. The number of nitrogens with zero attached hydrogens (tertiary/aromatic N) is 2. The number of halogens is 4. The van der Waals surface area contributed by atoms with Crippen LogP contribution in [0.2, 0.25) is 0 Å². The molecule has 5 nitrogen and oxygen atoms in total. The predicted octanol–water partition coefficient (Wildman–Crippen LogP) is 6.84. The summed E-state index contributed by atoms with van der Waals surface area (Å²) < 4.78 is 62.3. The summed E-state index contributed by atoms with van der Waals surface area (Å²) in [6.45, 7) is 3.79. The van der Waals surface area contributed by atoms with Crippen LogP contribution < -0.4 is 14.4 Å². The smallest absolute Gasteiger partial charge is 0.417 e. The lowest BCUT2D eigenvalue weighted by Crippen LogP contribution is -2.46. The van der Waals surface area contributed by atoms with Gasteiger partial charge in [0, 0.05) is 31.1 Å². The largest absolute Gasteiger partial charge is 0.505 e. The second-order valence-electron chi connectivity index (χ2n) is 9.52. The van der Waals surface area contributed by atoms with Crippen LogP contribution in [0.4, 0.5) is 23.4 Å². The number of hydrogen-bond donors (Lipinski definition) is 1. The van der Waals surface area contributed by atoms with Gasteiger partial charge in [-0.1, -0.05) is 12.1 Å². The summed E-state index contributed by atoms with van der Waals surface area (Å²) in [5, 5.41) is 8.73. The Labute approximate surface area is 213 Å². The van der Waals surface area contributed by atoms with Gasteiger partial charge in [0.25, 0.3) is 0 Å². The van der Waals surface area contributed by atoms with Crippen LogP contribution in [0, 0.1) is 19.7 Å². The number of phenols is 1. The highest BCUT2D eigenvalue weighted by Crippen LogP contribution is 2.41. The van der Waals surface area contributed by atoms with E-state index in [-0.39, 0.29) is 23.9 Å². The van der Waals surface area contributed by atoms with E-state index in [0.717, 1.165) is 60.6 Å². The highest BCUT2D eigenvalue weighted by Gasteiger charge is 2.42. The molecule has 2 aromatic carbocycles. The van der Waals surface area contributed by atoms with Crippen molar-refractivity contribution in [1.29, 1.82) is 0 Å². The van der Waals surface area contributed by atoms with Gasteiger partial charge in [-0.15, -0.1) is 0 Å². The molecule has 1 unspecified atom stereocenters. The number of anilines is 1. The normalized spacial score (nSPS) is 20.7. The van der Waals surface area contributed by atoms with Crippen LogP contribution in [0.25, 0.3) is 0 Å². The number of rotatable bonds is 4. The zero-order chi connectivity index (χ0) is 26.7. The number of phenolic OH excluding ortho intramolecular Hbond substituents is 1. The van der Waals surface area contributed by atoms with Crippen molar-refractivity contribution in [3.8, 4) is 17.2 Å². The quantitative estimate of drug-likeness (QED) is 0.384. The van der Waals surface area contributed by atoms with Gasteiger partial charge in [-0.05, 0) is 74.2 Å². The number of alkyl halides is 3. The third-order valence-electron chi connectivity index (χ3n) is 6.74. The van der Waals surface area contributed by atoms with Gasteiger partial charge in [0.2, 0.25) is 0 Å². The number of pyridine rings is 1. The van der Waals surface area contributed by atoms with E-state index in [2.05, 4.69) is 9.88 Å². The lowest BCUT2D eigenvalue weighted by atomic mass is 9.99. The first-order valence-electron chi connectivity index (χ1n) is 12.1. The van der Waals surface area contributed by atoms with E-state index >= 15 is 0 Å². The van der Waals surface area contributed by atoms with E-state index in [1.54, 1.807) is 20.1 Å². The highest BCUT2D eigenvalue weighted by atomic mass is 19.4. The van der Waals surface area contributed by atoms with Crippen LogP contribution in [0.5, 0.6) is 17.2 Å². The molecule has 9 heteroatoms. The lowest BCUT2D eigenvalue weighted by Gasteiger charge is -2.39. The van der Waals surface area contributed by atoms with Gasteiger partial charge in [-0.2, -0.15) is 13.2 Å². The fraction of sp³-hybridized carbons (Fsp3) is 0.393. The molecular formula is C28H30F4N2O3. The van der Waals surface area contributed by atoms with Crippen LogP contribution in [0.1, 0.15) is 42.4 Å². The molecule has 5 rings (SSSR count). The predicted molar refractivity (Wildman–Crippen MR) is 133 cm³/mol. The number of aryl methyl sites for hydroxylation is 2. The average molecular weight is 519 g/mol. The van der Waals surface area contributed by atoms with Gasteiger partial charge in [-0.25, -0.2) is 9.37 Å².